The molecule has 1 N–H and O–H groups in total. The Morgan fingerprint density at radius 3 is 2.38 bits per heavy atom. The molecule has 0 aliphatic rings. The standard InChI is InChI=1S/C8H9F2NO2/c1-4-3-5(7(9)10)11(2)6(4)8(12)13/h3,7H,1-2H3,(H,12,13). The number of nitrogens with zero attached hydrogens (tertiary/aromatic N) is 1. The van der Waals surface area contributed by atoms with Crippen LogP contribution in [0.1, 0.15) is 28.2 Å². The van der Waals surface area contributed by atoms with E-state index in [2.05, 4.69) is 0 Å². The number of alkyl halides is 2. The van der Waals surface area contributed by atoms with Gasteiger partial charge in [0.05, 0.1) is 5.69 Å². The zero-order valence-corrected chi connectivity index (χ0v) is 7.21. The summed E-state index contributed by atoms with van der Waals surface area (Å²) in [6.45, 7) is 1.50. The second-order valence-corrected chi connectivity index (χ2v) is 2.77. The van der Waals surface area contributed by atoms with Crippen LogP contribution in [0.15, 0.2) is 6.07 Å². The molecule has 0 atom stereocenters. The number of hydrogen-bond acceptors (Lipinski definition) is 1. The van der Waals surface area contributed by atoms with Gasteiger partial charge in [0.2, 0.25) is 0 Å². The number of carboxylic acids is 1. The zero-order chi connectivity index (χ0) is 10.2. The highest BCUT2D eigenvalue weighted by Gasteiger charge is 2.20. The van der Waals surface area contributed by atoms with E-state index in [-0.39, 0.29) is 11.4 Å². The third-order valence-corrected chi connectivity index (χ3v) is 1.89. The van der Waals surface area contributed by atoms with Crippen LogP contribution in [0.5, 0.6) is 0 Å². The second kappa shape index (κ2) is 3.16. The molecule has 1 heterocycles. The Balaban J connectivity index is 3.30. The van der Waals surface area contributed by atoms with Crippen molar-refractivity contribution >= 4 is 5.97 Å². The van der Waals surface area contributed by atoms with Crippen molar-refractivity contribution in [3.05, 3.63) is 23.0 Å². The van der Waals surface area contributed by atoms with E-state index in [9.17, 15) is 13.6 Å². The number of hydrogen-bond donors (Lipinski definition) is 1. The van der Waals surface area contributed by atoms with Gasteiger partial charge in [-0.2, -0.15) is 0 Å². The molecule has 1 aromatic rings. The minimum absolute atomic E-state index is 0.0877. The summed E-state index contributed by atoms with van der Waals surface area (Å²) in [5.74, 6) is -1.19. The van der Waals surface area contributed by atoms with Crippen LogP contribution in [0.3, 0.4) is 0 Å². The van der Waals surface area contributed by atoms with Gasteiger partial charge in [0.1, 0.15) is 5.69 Å². The van der Waals surface area contributed by atoms with E-state index in [4.69, 9.17) is 5.11 Å². The molecule has 13 heavy (non-hydrogen) atoms. The van der Waals surface area contributed by atoms with Gasteiger partial charge in [-0.3, -0.25) is 0 Å². The van der Waals surface area contributed by atoms with Crippen molar-refractivity contribution in [1.29, 1.82) is 0 Å². The van der Waals surface area contributed by atoms with Crippen LogP contribution in [0.4, 0.5) is 8.78 Å². The summed E-state index contributed by atoms with van der Waals surface area (Å²) in [6, 6.07) is 1.19. The molecule has 0 aliphatic carbocycles. The number of carbonyl (C=O) groups is 1. The van der Waals surface area contributed by atoms with E-state index in [1.807, 2.05) is 0 Å². The summed E-state index contributed by atoms with van der Waals surface area (Å²) >= 11 is 0. The van der Waals surface area contributed by atoms with Crippen molar-refractivity contribution in [2.24, 2.45) is 7.05 Å². The first-order valence-corrected chi connectivity index (χ1v) is 3.62. The normalized spacial score (nSPS) is 10.8. The van der Waals surface area contributed by atoms with Gasteiger partial charge in [0, 0.05) is 7.05 Å². The van der Waals surface area contributed by atoms with Crippen molar-refractivity contribution in [2.45, 2.75) is 13.3 Å². The van der Waals surface area contributed by atoms with Gasteiger partial charge < -0.3 is 9.67 Å². The molecule has 0 fully saturated rings. The van der Waals surface area contributed by atoms with Crippen LogP contribution < -0.4 is 0 Å². The summed E-state index contributed by atoms with van der Waals surface area (Å²) in [5, 5.41) is 8.68. The van der Waals surface area contributed by atoms with Crippen LogP contribution in [-0.4, -0.2) is 15.6 Å². The Morgan fingerprint density at radius 1 is 1.62 bits per heavy atom. The van der Waals surface area contributed by atoms with Gasteiger partial charge in [-0.1, -0.05) is 0 Å². The van der Waals surface area contributed by atoms with Crippen molar-refractivity contribution < 1.29 is 18.7 Å². The van der Waals surface area contributed by atoms with Gasteiger partial charge in [-0.15, -0.1) is 0 Å². The molecule has 1 aromatic heterocycles. The SMILES string of the molecule is Cc1cc(C(F)F)n(C)c1C(=O)O. The van der Waals surface area contributed by atoms with Crippen LogP contribution in [0.2, 0.25) is 0 Å². The van der Waals surface area contributed by atoms with E-state index in [0.717, 1.165) is 4.57 Å². The van der Waals surface area contributed by atoms with E-state index in [0.29, 0.717) is 5.56 Å². The number of aryl methyl sites for hydroxylation is 1. The molecule has 0 amide bonds. The summed E-state index contributed by atoms with van der Waals surface area (Å²) in [7, 11) is 1.32. The van der Waals surface area contributed by atoms with Crippen LogP contribution >= 0.6 is 0 Å². The first-order valence-electron chi connectivity index (χ1n) is 3.62. The van der Waals surface area contributed by atoms with Gasteiger partial charge in [-0.05, 0) is 18.6 Å². The quantitative estimate of drug-likeness (QED) is 0.772. The molecule has 0 saturated heterocycles. The summed E-state index contributed by atoms with van der Waals surface area (Å²) in [6.07, 6.45) is -2.64. The van der Waals surface area contributed by atoms with E-state index in [1.165, 1.54) is 20.0 Å². The van der Waals surface area contributed by atoms with E-state index >= 15 is 0 Å². The number of carboxylic acid groups (broad SMARTS) is 1. The van der Waals surface area contributed by atoms with Gasteiger partial charge in [0.15, 0.2) is 0 Å². The van der Waals surface area contributed by atoms with Gasteiger partial charge >= 0.3 is 5.97 Å². The predicted octanol–water partition coefficient (Wildman–Crippen LogP) is 1.97. The Hall–Kier alpha value is -1.39. The summed E-state index contributed by atoms with van der Waals surface area (Å²) in [4.78, 5) is 10.6. The van der Waals surface area contributed by atoms with Crippen LogP contribution in [0.25, 0.3) is 0 Å². The first kappa shape index (κ1) is 9.70. The number of aromatic nitrogens is 1. The van der Waals surface area contributed by atoms with Crippen molar-refractivity contribution in [3.63, 3.8) is 0 Å². The van der Waals surface area contributed by atoms with Crippen LogP contribution in [-0.2, 0) is 7.05 Å². The molecule has 0 saturated carbocycles. The van der Waals surface area contributed by atoms with Crippen molar-refractivity contribution in [2.75, 3.05) is 0 Å². The minimum Gasteiger partial charge on any atom is -0.477 e. The average Bonchev–Trinajstić information content (AvgIpc) is 2.26. The Labute approximate surface area is 73.6 Å². The highest BCUT2D eigenvalue weighted by Crippen LogP contribution is 2.23. The molecule has 0 spiro atoms. The fourth-order valence-electron chi connectivity index (χ4n) is 1.30. The zero-order valence-electron chi connectivity index (χ0n) is 7.21. The average molecular weight is 189 g/mol. The highest BCUT2D eigenvalue weighted by atomic mass is 19.3. The second-order valence-electron chi connectivity index (χ2n) is 2.77. The smallest absolute Gasteiger partial charge is 0.352 e. The highest BCUT2D eigenvalue weighted by molar-refractivity contribution is 5.87. The molecule has 0 aromatic carbocycles. The van der Waals surface area contributed by atoms with Crippen molar-refractivity contribution in [1.82, 2.24) is 4.57 Å². The minimum atomic E-state index is -2.64. The Kier molecular flexibility index (Phi) is 2.36. The maximum absolute atomic E-state index is 12.3. The molecule has 0 unspecified atom stereocenters. The molecule has 5 heteroatoms. The van der Waals surface area contributed by atoms with Gasteiger partial charge in [0.25, 0.3) is 6.43 Å². The third kappa shape index (κ3) is 1.54. The third-order valence-electron chi connectivity index (χ3n) is 1.89. The monoisotopic (exact) mass is 189 g/mol. The lowest BCUT2D eigenvalue weighted by atomic mass is 10.2. The number of halogens is 2. The number of aromatic carboxylic acids is 1. The topological polar surface area (TPSA) is 42.2 Å². The predicted molar refractivity (Wildman–Crippen MR) is 42.1 cm³/mol. The largest absolute Gasteiger partial charge is 0.477 e. The summed E-state index contributed by atoms with van der Waals surface area (Å²) < 4.78 is 25.5. The van der Waals surface area contributed by atoms with E-state index in [1.54, 1.807) is 0 Å². The molecular formula is C8H9F2NO2. The molecule has 72 valence electrons. The Morgan fingerprint density at radius 2 is 2.15 bits per heavy atom. The van der Waals surface area contributed by atoms with Crippen LogP contribution in [0, 0.1) is 6.92 Å². The Bertz CT molecular complexity index is 344. The molecule has 1 rings (SSSR count). The molecule has 0 aliphatic heterocycles. The lowest BCUT2D eigenvalue weighted by molar-refractivity contribution is 0.0683. The van der Waals surface area contributed by atoms with E-state index < -0.39 is 12.4 Å². The maximum atomic E-state index is 12.3. The maximum Gasteiger partial charge on any atom is 0.352 e. The fraction of sp³-hybridized carbons (Fsp3) is 0.375. The molecule has 0 radical (unpaired) electrons. The van der Waals surface area contributed by atoms with Crippen molar-refractivity contribution in [3.8, 4) is 0 Å². The van der Waals surface area contributed by atoms with Gasteiger partial charge in [-0.25, -0.2) is 13.6 Å². The number of rotatable bonds is 2. The lowest BCUT2D eigenvalue weighted by Gasteiger charge is -2.03. The first-order chi connectivity index (χ1) is 5.95. The fourth-order valence-corrected chi connectivity index (χ4v) is 1.30. The molecule has 0 bridgehead atoms. The molecule has 3 nitrogen and oxygen atoms in total. The lowest BCUT2D eigenvalue weighted by Crippen LogP contribution is -2.08. The summed E-state index contributed by atoms with van der Waals surface area (Å²) in [5.41, 5.74) is -0.00417. The molecular weight excluding hydrogens is 180 g/mol.